The third-order valence-corrected chi connectivity index (χ3v) is 5.03. The molecule has 2 aliphatic rings. The number of fused-ring (bicyclic) bond motifs is 1. The van der Waals surface area contributed by atoms with Crippen LogP contribution in [-0.4, -0.2) is 18.5 Å². The van der Waals surface area contributed by atoms with Gasteiger partial charge in [0.15, 0.2) is 0 Å². The molecule has 2 atom stereocenters. The Balaban J connectivity index is 1.69. The van der Waals surface area contributed by atoms with Gasteiger partial charge < -0.3 is 10.6 Å². The molecule has 2 N–H and O–H groups in total. The van der Waals surface area contributed by atoms with Crippen molar-refractivity contribution in [3.05, 3.63) is 34.9 Å². The standard InChI is InChI=1S/C18H26N2O/c1-13-5-3-2-4-6-17(13)20-18(21)15-8-7-14-9-10-19-12-16(14)11-15/h7-8,11,13,17,19H,2-6,9-10,12H2,1H3,(H,20,21). The highest BCUT2D eigenvalue weighted by atomic mass is 16.1. The van der Waals surface area contributed by atoms with Crippen LogP contribution in [0.2, 0.25) is 0 Å². The molecule has 1 aromatic rings. The Morgan fingerprint density at radius 2 is 2.05 bits per heavy atom. The fraction of sp³-hybridized carbons (Fsp3) is 0.611. The fourth-order valence-electron chi connectivity index (χ4n) is 3.58. The number of rotatable bonds is 2. The van der Waals surface area contributed by atoms with E-state index < -0.39 is 0 Å². The van der Waals surface area contributed by atoms with Crippen LogP contribution in [0.3, 0.4) is 0 Å². The minimum absolute atomic E-state index is 0.0992. The number of hydrogen-bond donors (Lipinski definition) is 2. The van der Waals surface area contributed by atoms with E-state index >= 15 is 0 Å². The van der Waals surface area contributed by atoms with E-state index in [1.807, 2.05) is 6.07 Å². The molecule has 3 rings (SSSR count). The summed E-state index contributed by atoms with van der Waals surface area (Å²) in [5.41, 5.74) is 3.48. The molecule has 0 spiro atoms. The molecule has 1 saturated carbocycles. The molecular weight excluding hydrogens is 260 g/mol. The predicted molar refractivity (Wildman–Crippen MR) is 85.4 cm³/mol. The summed E-state index contributed by atoms with van der Waals surface area (Å²) in [5, 5.41) is 6.64. The van der Waals surface area contributed by atoms with Gasteiger partial charge in [-0.3, -0.25) is 4.79 Å². The summed E-state index contributed by atoms with van der Waals surface area (Å²) in [6.07, 6.45) is 7.28. The van der Waals surface area contributed by atoms with Crippen molar-refractivity contribution in [2.75, 3.05) is 6.54 Å². The maximum Gasteiger partial charge on any atom is 0.251 e. The van der Waals surface area contributed by atoms with Crippen molar-refractivity contribution >= 4 is 5.91 Å². The minimum Gasteiger partial charge on any atom is -0.349 e. The first-order chi connectivity index (χ1) is 10.2. The van der Waals surface area contributed by atoms with Crippen molar-refractivity contribution in [3.8, 4) is 0 Å². The van der Waals surface area contributed by atoms with Crippen LogP contribution in [0.15, 0.2) is 18.2 Å². The third-order valence-electron chi connectivity index (χ3n) is 5.03. The lowest BCUT2D eigenvalue weighted by molar-refractivity contribution is 0.0921. The van der Waals surface area contributed by atoms with Gasteiger partial charge in [-0.2, -0.15) is 0 Å². The largest absolute Gasteiger partial charge is 0.349 e. The van der Waals surface area contributed by atoms with E-state index in [-0.39, 0.29) is 5.91 Å². The Morgan fingerprint density at radius 3 is 2.95 bits per heavy atom. The summed E-state index contributed by atoms with van der Waals surface area (Å²) >= 11 is 0. The van der Waals surface area contributed by atoms with Crippen molar-refractivity contribution in [1.82, 2.24) is 10.6 Å². The molecule has 1 aliphatic carbocycles. The fourth-order valence-corrected chi connectivity index (χ4v) is 3.58. The molecular formula is C18H26N2O. The van der Waals surface area contributed by atoms with E-state index in [1.165, 1.54) is 36.8 Å². The first-order valence-electron chi connectivity index (χ1n) is 8.37. The summed E-state index contributed by atoms with van der Waals surface area (Å²) in [5.74, 6) is 0.692. The molecule has 114 valence electrons. The molecule has 3 heteroatoms. The summed E-state index contributed by atoms with van der Waals surface area (Å²) in [4.78, 5) is 12.5. The number of benzene rings is 1. The van der Waals surface area contributed by atoms with Crippen molar-refractivity contribution in [2.24, 2.45) is 5.92 Å². The quantitative estimate of drug-likeness (QED) is 0.821. The Kier molecular flexibility index (Phi) is 4.59. The summed E-state index contributed by atoms with van der Waals surface area (Å²) in [7, 11) is 0. The van der Waals surface area contributed by atoms with Crippen LogP contribution in [0, 0.1) is 5.92 Å². The van der Waals surface area contributed by atoms with Crippen LogP contribution in [0.5, 0.6) is 0 Å². The molecule has 1 fully saturated rings. The van der Waals surface area contributed by atoms with Crippen LogP contribution in [0.25, 0.3) is 0 Å². The van der Waals surface area contributed by atoms with Crippen LogP contribution < -0.4 is 10.6 Å². The van der Waals surface area contributed by atoms with Gasteiger partial charge in [-0.1, -0.05) is 32.3 Å². The summed E-state index contributed by atoms with van der Waals surface area (Å²) in [6, 6.07) is 6.52. The summed E-state index contributed by atoms with van der Waals surface area (Å²) in [6.45, 7) is 4.20. The Hall–Kier alpha value is -1.35. The maximum atomic E-state index is 12.5. The monoisotopic (exact) mass is 286 g/mol. The van der Waals surface area contributed by atoms with Gasteiger partial charge in [-0.25, -0.2) is 0 Å². The molecule has 21 heavy (non-hydrogen) atoms. The second-order valence-corrected chi connectivity index (χ2v) is 6.61. The lowest BCUT2D eigenvalue weighted by Crippen LogP contribution is -2.39. The van der Waals surface area contributed by atoms with Gasteiger partial charge in [0.2, 0.25) is 0 Å². The van der Waals surface area contributed by atoms with Crippen molar-refractivity contribution in [2.45, 2.75) is 58.0 Å². The second kappa shape index (κ2) is 6.61. The van der Waals surface area contributed by atoms with Crippen molar-refractivity contribution in [1.29, 1.82) is 0 Å². The zero-order valence-electron chi connectivity index (χ0n) is 13.0. The van der Waals surface area contributed by atoms with Gasteiger partial charge in [-0.05, 0) is 55.0 Å². The van der Waals surface area contributed by atoms with E-state index in [2.05, 4.69) is 29.7 Å². The topological polar surface area (TPSA) is 41.1 Å². The molecule has 0 aromatic heterocycles. The van der Waals surface area contributed by atoms with E-state index in [9.17, 15) is 4.79 Å². The van der Waals surface area contributed by atoms with Crippen molar-refractivity contribution < 1.29 is 4.79 Å². The zero-order chi connectivity index (χ0) is 14.7. The average Bonchev–Trinajstić information content (AvgIpc) is 2.72. The molecule has 0 bridgehead atoms. The highest BCUT2D eigenvalue weighted by Gasteiger charge is 2.22. The Labute approximate surface area is 127 Å². The van der Waals surface area contributed by atoms with E-state index in [1.54, 1.807) is 0 Å². The van der Waals surface area contributed by atoms with Crippen LogP contribution >= 0.6 is 0 Å². The molecule has 0 saturated heterocycles. The molecule has 1 aromatic carbocycles. The number of carbonyl (C=O) groups excluding carboxylic acids is 1. The van der Waals surface area contributed by atoms with Gasteiger partial charge in [-0.15, -0.1) is 0 Å². The van der Waals surface area contributed by atoms with Crippen LogP contribution in [0.1, 0.15) is 60.5 Å². The molecule has 1 aliphatic heterocycles. The van der Waals surface area contributed by atoms with Crippen LogP contribution in [0.4, 0.5) is 0 Å². The first-order valence-corrected chi connectivity index (χ1v) is 8.37. The normalized spacial score (nSPS) is 25.8. The SMILES string of the molecule is CC1CCCCCC1NC(=O)c1ccc2c(c1)CNCC2. The Bertz CT molecular complexity index is 512. The molecule has 2 unspecified atom stereocenters. The van der Waals surface area contributed by atoms with E-state index in [0.29, 0.717) is 12.0 Å². The zero-order valence-corrected chi connectivity index (χ0v) is 13.0. The first kappa shape index (κ1) is 14.6. The number of nitrogens with one attached hydrogen (secondary N) is 2. The van der Waals surface area contributed by atoms with Crippen molar-refractivity contribution in [3.63, 3.8) is 0 Å². The number of hydrogen-bond acceptors (Lipinski definition) is 2. The minimum atomic E-state index is 0.0992. The predicted octanol–water partition coefficient (Wildman–Crippen LogP) is 3.03. The van der Waals surface area contributed by atoms with Gasteiger partial charge in [0.05, 0.1) is 0 Å². The van der Waals surface area contributed by atoms with Gasteiger partial charge >= 0.3 is 0 Å². The maximum absolute atomic E-state index is 12.5. The van der Waals surface area contributed by atoms with E-state index in [4.69, 9.17) is 0 Å². The molecule has 3 nitrogen and oxygen atoms in total. The second-order valence-electron chi connectivity index (χ2n) is 6.61. The third kappa shape index (κ3) is 3.46. The van der Waals surface area contributed by atoms with Gasteiger partial charge in [0, 0.05) is 18.2 Å². The number of amides is 1. The molecule has 1 heterocycles. The average molecular weight is 286 g/mol. The lowest BCUT2D eigenvalue weighted by Gasteiger charge is -2.23. The van der Waals surface area contributed by atoms with E-state index in [0.717, 1.165) is 31.5 Å². The van der Waals surface area contributed by atoms with Gasteiger partial charge in [0.25, 0.3) is 5.91 Å². The number of carbonyl (C=O) groups is 1. The molecule has 0 radical (unpaired) electrons. The molecule has 1 amide bonds. The highest BCUT2D eigenvalue weighted by molar-refractivity contribution is 5.94. The van der Waals surface area contributed by atoms with Gasteiger partial charge in [0.1, 0.15) is 0 Å². The smallest absolute Gasteiger partial charge is 0.251 e. The van der Waals surface area contributed by atoms with Crippen LogP contribution in [-0.2, 0) is 13.0 Å². The highest BCUT2D eigenvalue weighted by Crippen LogP contribution is 2.23. The lowest BCUT2D eigenvalue weighted by atomic mass is 9.95. The Morgan fingerprint density at radius 1 is 1.19 bits per heavy atom. The summed E-state index contributed by atoms with van der Waals surface area (Å²) < 4.78 is 0.